The van der Waals surface area contributed by atoms with E-state index in [0.29, 0.717) is 45.1 Å². The molecular weight excluding hydrogens is 408 g/mol. The number of ketones is 2. The molecule has 0 bridgehead atoms. The zero-order valence-corrected chi connectivity index (χ0v) is 18.0. The molecule has 2 aromatic heterocycles. The minimum absolute atomic E-state index is 0.0544. The Kier molecular flexibility index (Phi) is 6.39. The number of hydrogen-bond donors (Lipinski definition) is 1. The van der Waals surface area contributed by atoms with Crippen LogP contribution < -0.4 is 0 Å². The molecule has 8 heteroatoms. The SMILES string of the molecule is C=CCn1c(SCC(=O)c2[nH]c(C)c(C(C)=O)c2C)nnc1-c1ccc(Cl)cc1. The van der Waals surface area contributed by atoms with Gasteiger partial charge in [0.25, 0.3) is 0 Å². The van der Waals surface area contributed by atoms with E-state index >= 15 is 0 Å². The van der Waals surface area contributed by atoms with Crippen LogP contribution in [0.15, 0.2) is 42.1 Å². The third kappa shape index (κ3) is 4.36. The summed E-state index contributed by atoms with van der Waals surface area (Å²) >= 11 is 7.27. The van der Waals surface area contributed by atoms with Crippen molar-refractivity contribution in [2.45, 2.75) is 32.5 Å². The standard InChI is InChI=1S/C21H21ClN4O2S/c1-5-10-26-20(15-6-8-16(22)9-7-15)24-25-21(26)29-11-17(28)19-12(2)18(14(4)27)13(3)23-19/h5-9,23H,1,10-11H2,2-4H3. The number of aromatic nitrogens is 4. The second-order valence-corrected chi connectivity index (χ2v) is 7.98. The quantitative estimate of drug-likeness (QED) is 0.313. The van der Waals surface area contributed by atoms with Gasteiger partial charge in [0.15, 0.2) is 22.5 Å². The molecule has 1 N–H and O–H groups in total. The van der Waals surface area contributed by atoms with Gasteiger partial charge in [-0.3, -0.25) is 14.2 Å². The van der Waals surface area contributed by atoms with Crippen LogP contribution in [0.25, 0.3) is 11.4 Å². The molecule has 2 heterocycles. The number of hydrogen-bond acceptors (Lipinski definition) is 5. The van der Waals surface area contributed by atoms with Gasteiger partial charge < -0.3 is 4.98 Å². The number of allylic oxidation sites excluding steroid dienone is 1. The Morgan fingerprint density at radius 3 is 2.52 bits per heavy atom. The second-order valence-electron chi connectivity index (χ2n) is 6.61. The first-order valence-electron chi connectivity index (χ1n) is 8.99. The zero-order valence-electron chi connectivity index (χ0n) is 16.5. The minimum atomic E-state index is -0.0932. The summed E-state index contributed by atoms with van der Waals surface area (Å²) < 4.78 is 1.90. The number of carbonyl (C=O) groups excluding carboxylic acids is 2. The summed E-state index contributed by atoms with van der Waals surface area (Å²) in [5.74, 6) is 0.710. The summed E-state index contributed by atoms with van der Waals surface area (Å²) in [5.41, 5.74) is 3.33. The molecule has 0 fully saturated rings. The van der Waals surface area contributed by atoms with E-state index in [1.165, 1.54) is 18.7 Å². The van der Waals surface area contributed by atoms with Gasteiger partial charge in [-0.15, -0.1) is 16.8 Å². The lowest BCUT2D eigenvalue weighted by Gasteiger charge is -2.07. The molecule has 29 heavy (non-hydrogen) atoms. The molecule has 0 atom stereocenters. The topological polar surface area (TPSA) is 80.6 Å². The van der Waals surface area contributed by atoms with Gasteiger partial charge in [0, 0.05) is 28.4 Å². The maximum atomic E-state index is 12.8. The van der Waals surface area contributed by atoms with Gasteiger partial charge in [0.05, 0.1) is 11.4 Å². The Hall–Kier alpha value is -2.64. The van der Waals surface area contributed by atoms with Crippen molar-refractivity contribution in [3.8, 4) is 11.4 Å². The summed E-state index contributed by atoms with van der Waals surface area (Å²) in [5, 5.41) is 9.80. The van der Waals surface area contributed by atoms with E-state index in [1.54, 1.807) is 32.1 Å². The molecule has 0 saturated heterocycles. The molecule has 0 unspecified atom stereocenters. The van der Waals surface area contributed by atoms with Crippen molar-refractivity contribution in [3.63, 3.8) is 0 Å². The maximum absolute atomic E-state index is 12.8. The van der Waals surface area contributed by atoms with Crippen molar-refractivity contribution in [2.24, 2.45) is 0 Å². The van der Waals surface area contributed by atoms with Crippen molar-refractivity contribution in [1.29, 1.82) is 0 Å². The summed E-state index contributed by atoms with van der Waals surface area (Å²) in [6.45, 7) is 9.40. The van der Waals surface area contributed by atoms with Crippen molar-refractivity contribution in [1.82, 2.24) is 19.7 Å². The van der Waals surface area contributed by atoms with E-state index in [9.17, 15) is 9.59 Å². The summed E-state index contributed by atoms with van der Waals surface area (Å²) in [6, 6.07) is 7.34. The van der Waals surface area contributed by atoms with Crippen molar-refractivity contribution in [2.75, 3.05) is 5.75 Å². The third-order valence-corrected chi connectivity index (χ3v) is 5.75. The molecule has 1 aromatic carbocycles. The van der Waals surface area contributed by atoms with Crippen LogP contribution in [0, 0.1) is 13.8 Å². The Morgan fingerprint density at radius 1 is 1.24 bits per heavy atom. The van der Waals surface area contributed by atoms with Gasteiger partial charge >= 0.3 is 0 Å². The highest BCUT2D eigenvalue weighted by molar-refractivity contribution is 7.99. The average Bonchev–Trinajstić information content (AvgIpc) is 3.21. The molecule has 6 nitrogen and oxygen atoms in total. The highest BCUT2D eigenvalue weighted by atomic mass is 35.5. The highest BCUT2D eigenvalue weighted by Crippen LogP contribution is 2.27. The predicted molar refractivity (Wildman–Crippen MR) is 116 cm³/mol. The number of Topliss-reactive ketones (excluding diaryl/α,β-unsaturated/α-hetero) is 2. The minimum Gasteiger partial charge on any atom is -0.355 e. The van der Waals surface area contributed by atoms with Gasteiger partial charge in [0.1, 0.15) is 0 Å². The number of aryl methyl sites for hydroxylation is 1. The Morgan fingerprint density at radius 2 is 1.93 bits per heavy atom. The molecule has 3 aromatic rings. The van der Waals surface area contributed by atoms with Crippen LogP contribution in [0.4, 0.5) is 0 Å². The van der Waals surface area contributed by atoms with E-state index in [1.807, 2.05) is 16.7 Å². The predicted octanol–water partition coefficient (Wildman–Crippen LogP) is 4.91. The fourth-order valence-corrected chi connectivity index (χ4v) is 4.21. The molecule has 0 aliphatic heterocycles. The normalized spacial score (nSPS) is 10.9. The number of nitrogens with one attached hydrogen (secondary N) is 1. The second kappa shape index (κ2) is 8.80. The zero-order chi connectivity index (χ0) is 21.1. The van der Waals surface area contributed by atoms with E-state index in [0.717, 1.165) is 5.56 Å². The van der Waals surface area contributed by atoms with E-state index in [4.69, 9.17) is 11.6 Å². The summed E-state index contributed by atoms with van der Waals surface area (Å²) in [6.07, 6.45) is 1.76. The molecule has 0 radical (unpaired) electrons. The van der Waals surface area contributed by atoms with Gasteiger partial charge in [-0.05, 0) is 50.6 Å². The van der Waals surface area contributed by atoms with Crippen molar-refractivity contribution < 1.29 is 9.59 Å². The van der Waals surface area contributed by atoms with Crippen molar-refractivity contribution in [3.05, 3.63) is 64.5 Å². The molecule has 0 aliphatic rings. The maximum Gasteiger partial charge on any atom is 0.192 e. The Balaban J connectivity index is 1.83. The molecule has 0 saturated carbocycles. The van der Waals surface area contributed by atoms with Gasteiger partial charge in [0.2, 0.25) is 0 Å². The fraction of sp³-hybridized carbons (Fsp3) is 0.238. The molecule has 0 amide bonds. The first-order valence-corrected chi connectivity index (χ1v) is 10.4. The van der Waals surface area contributed by atoms with Gasteiger partial charge in [-0.2, -0.15) is 0 Å². The van der Waals surface area contributed by atoms with Crippen LogP contribution in [-0.4, -0.2) is 37.1 Å². The first kappa shape index (κ1) is 21.1. The lowest BCUT2D eigenvalue weighted by molar-refractivity contribution is 0.101. The van der Waals surface area contributed by atoms with E-state index < -0.39 is 0 Å². The first-order chi connectivity index (χ1) is 13.8. The van der Waals surface area contributed by atoms with E-state index in [-0.39, 0.29) is 17.3 Å². The summed E-state index contributed by atoms with van der Waals surface area (Å²) in [4.78, 5) is 27.6. The van der Waals surface area contributed by atoms with Crippen LogP contribution in [0.5, 0.6) is 0 Å². The monoisotopic (exact) mass is 428 g/mol. The number of carbonyl (C=O) groups is 2. The highest BCUT2D eigenvalue weighted by Gasteiger charge is 2.21. The van der Waals surface area contributed by atoms with Gasteiger partial charge in [-0.25, -0.2) is 0 Å². The number of aromatic amines is 1. The number of halogens is 1. The Labute approximate surface area is 178 Å². The fourth-order valence-electron chi connectivity index (χ4n) is 3.26. The molecule has 150 valence electrons. The largest absolute Gasteiger partial charge is 0.355 e. The number of nitrogens with zero attached hydrogens (tertiary/aromatic N) is 3. The molecule has 3 rings (SSSR count). The lowest BCUT2D eigenvalue weighted by atomic mass is 10.1. The number of benzene rings is 1. The van der Waals surface area contributed by atoms with Crippen LogP contribution in [0.3, 0.4) is 0 Å². The third-order valence-electron chi connectivity index (χ3n) is 4.53. The lowest BCUT2D eigenvalue weighted by Crippen LogP contribution is -2.07. The summed E-state index contributed by atoms with van der Waals surface area (Å²) in [7, 11) is 0. The molecular formula is C21H21ClN4O2S. The van der Waals surface area contributed by atoms with Crippen LogP contribution in [-0.2, 0) is 6.54 Å². The van der Waals surface area contributed by atoms with Crippen LogP contribution in [0.2, 0.25) is 5.02 Å². The average molecular weight is 429 g/mol. The Bertz CT molecular complexity index is 1080. The number of thioether (sulfide) groups is 1. The van der Waals surface area contributed by atoms with Crippen LogP contribution >= 0.6 is 23.4 Å². The van der Waals surface area contributed by atoms with E-state index in [2.05, 4.69) is 21.8 Å². The molecule has 0 spiro atoms. The molecule has 0 aliphatic carbocycles. The number of H-pyrrole nitrogens is 1. The van der Waals surface area contributed by atoms with Crippen LogP contribution in [0.1, 0.15) is 39.0 Å². The van der Waals surface area contributed by atoms with Crippen molar-refractivity contribution >= 4 is 34.9 Å². The van der Waals surface area contributed by atoms with Gasteiger partial charge in [-0.1, -0.05) is 29.4 Å². The smallest absolute Gasteiger partial charge is 0.192 e. The number of rotatable bonds is 8.